The van der Waals surface area contributed by atoms with Gasteiger partial charge in [-0.1, -0.05) is 23.2 Å². The molecule has 0 radical (unpaired) electrons. The first-order valence-electron chi connectivity index (χ1n) is 5.32. The molecule has 0 fully saturated rings. The molecule has 0 aliphatic heterocycles. The minimum absolute atomic E-state index is 0.460. The van der Waals surface area contributed by atoms with Crippen molar-refractivity contribution in [2.45, 2.75) is 6.92 Å². The van der Waals surface area contributed by atoms with Crippen molar-refractivity contribution in [1.82, 2.24) is 14.8 Å². The Morgan fingerprint density at radius 1 is 1.22 bits per heavy atom. The van der Waals surface area contributed by atoms with Crippen LogP contribution in [-0.2, 0) is 7.05 Å². The average Bonchev–Trinajstić information content (AvgIpc) is 2.61. The number of halogens is 2. The number of rotatable bonds is 3. The summed E-state index contributed by atoms with van der Waals surface area (Å²) >= 11 is 12.1. The molecule has 5 nitrogen and oxygen atoms in total. The quantitative estimate of drug-likeness (QED) is 0.909. The van der Waals surface area contributed by atoms with Gasteiger partial charge in [0.2, 0.25) is 0 Å². The highest BCUT2D eigenvalue weighted by atomic mass is 35.5. The third kappa shape index (κ3) is 2.52. The molecule has 2 aromatic rings. The van der Waals surface area contributed by atoms with Crippen molar-refractivity contribution in [1.29, 1.82) is 0 Å². The molecule has 0 spiro atoms. The van der Waals surface area contributed by atoms with Gasteiger partial charge in [-0.2, -0.15) is 5.10 Å². The van der Waals surface area contributed by atoms with Crippen LogP contribution in [0.1, 0.15) is 5.69 Å². The molecule has 7 heteroatoms. The highest BCUT2D eigenvalue weighted by Gasteiger charge is 2.11. The molecule has 0 aromatic carbocycles. The molecule has 0 unspecified atom stereocenters. The van der Waals surface area contributed by atoms with E-state index < -0.39 is 0 Å². The van der Waals surface area contributed by atoms with Crippen LogP contribution < -0.4 is 10.6 Å². The zero-order valence-corrected chi connectivity index (χ0v) is 11.8. The molecule has 2 heterocycles. The summed E-state index contributed by atoms with van der Waals surface area (Å²) in [4.78, 5) is 4.31. The highest BCUT2D eigenvalue weighted by molar-refractivity contribution is 6.37. The van der Waals surface area contributed by atoms with Gasteiger partial charge in [-0.05, 0) is 13.0 Å². The molecule has 0 saturated heterocycles. The molecular formula is C11H13Cl2N5. The van der Waals surface area contributed by atoms with Gasteiger partial charge in [0, 0.05) is 20.3 Å². The average molecular weight is 286 g/mol. The van der Waals surface area contributed by atoms with Crippen LogP contribution in [0, 0.1) is 6.92 Å². The Morgan fingerprint density at radius 2 is 1.89 bits per heavy atom. The van der Waals surface area contributed by atoms with Gasteiger partial charge < -0.3 is 10.6 Å². The van der Waals surface area contributed by atoms with Gasteiger partial charge in [-0.25, -0.2) is 4.98 Å². The van der Waals surface area contributed by atoms with Crippen molar-refractivity contribution in [3.63, 3.8) is 0 Å². The van der Waals surface area contributed by atoms with Crippen LogP contribution in [0.25, 0.3) is 0 Å². The van der Waals surface area contributed by atoms with Crippen molar-refractivity contribution >= 4 is 40.5 Å². The summed E-state index contributed by atoms with van der Waals surface area (Å²) in [5, 5.41) is 11.2. The highest BCUT2D eigenvalue weighted by Crippen LogP contribution is 2.31. The van der Waals surface area contributed by atoms with E-state index >= 15 is 0 Å². The maximum atomic E-state index is 6.10. The summed E-state index contributed by atoms with van der Waals surface area (Å²) in [6.07, 6.45) is 1.86. The van der Waals surface area contributed by atoms with Crippen LogP contribution in [0.5, 0.6) is 0 Å². The van der Waals surface area contributed by atoms with E-state index in [0.29, 0.717) is 21.7 Å². The Hall–Kier alpha value is -1.46. The third-order valence-electron chi connectivity index (χ3n) is 2.43. The summed E-state index contributed by atoms with van der Waals surface area (Å²) in [6.45, 7) is 1.91. The number of nitrogens with zero attached hydrogens (tertiary/aromatic N) is 3. The van der Waals surface area contributed by atoms with Crippen molar-refractivity contribution in [2.75, 3.05) is 17.7 Å². The molecule has 2 aromatic heterocycles. The number of nitrogens with one attached hydrogen (secondary N) is 2. The third-order valence-corrected chi connectivity index (χ3v) is 3.01. The zero-order valence-electron chi connectivity index (χ0n) is 10.3. The van der Waals surface area contributed by atoms with Crippen LogP contribution >= 0.6 is 23.2 Å². The number of aromatic nitrogens is 3. The number of hydrogen-bond donors (Lipinski definition) is 2. The fraction of sp³-hybridized carbons (Fsp3) is 0.273. The van der Waals surface area contributed by atoms with Crippen LogP contribution in [-0.4, -0.2) is 21.8 Å². The molecule has 2 N–H and O–H groups in total. The van der Waals surface area contributed by atoms with E-state index in [9.17, 15) is 0 Å². The Bertz CT molecular complexity index is 579. The summed E-state index contributed by atoms with van der Waals surface area (Å²) < 4.78 is 1.72. The number of aryl methyl sites for hydroxylation is 2. The van der Waals surface area contributed by atoms with Crippen molar-refractivity contribution in [3.05, 3.63) is 28.0 Å². The Kier molecular flexibility index (Phi) is 3.63. The van der Waals surface area contributed by atoms with E-state index in [1.807, 2.05) is 20.2 Å². The number of hydrogen-bond acceptors (Lipinski definition) is 4. The lowest BCUT2D eigenvalue weighted by atomic mass is 10.3. The van der Waals surface area contributed by atoms with Crippen LogP contribution in [0.15, 0.2) is 12.3 Å². The first kappa shape index (κ1) is 13.0. The second-order valence-electron chi connectivity index (χ2n) is 3.83. The first-order chi connectivity index (χ1) is 8.51. The maximum absolute atomic E-state index is 6.10. The smallest absolute Gasteiger partial charge is 0.151 e. The normalized spacial score (nSPS) is 10.5. The molecule has 0 saturated carbocycles. The van der Waals surface area contributed by atoms with Gasteiger partial charge in [0.25, 0.3) is 0 Å². The minimum Gasteiger partial charge on any atom is -0.372 e. The molecule has 0 amide bonds. The van der Waals surface area contributed by atoms with E-state index in [1.165, 1.54) is 0 Å². The predicted octanol–water partition coefficient (Wildman–Crippen LogP) is 3.22. The van der Waals surface area contributed by atoms with Crippen LogP contribution in [0.4, 0.5) is 17.3 Å². The predicted molar refractivity (Wildman–Crippen MR) is 75.0 cm³/mol. The van der Waals surface area contributed by atoms with Gasteiger partial charge in [0.05, 0.1) is 21.4 Å². The molecule has 2 rings (SSSR count). The largest absolute Gasteiger partial charge is 0.372 e. The summed E-state index contributed by atoms with van der Waals surface area (Å²) in [5.41, 5.74) is 1.73. The molecular weight excluding hydrogens is 273 g/mol. The Labute approximate surface area is 115 Å². The minimum atomic E-state index is 0.460. The summed E-state index contributed by atoms with van der Waals surface area (Å²) in [6, 6.07) is 1.65. The van der Waals surface area contributed by atoms with Crippen LogP contribution in [0.3, 0.4) is 0 Å². The van der Waals surface area contributed by atoms with Crippen molar-refractivity contribution in [3.8, 4) is 0 Å². The molecule has 96 valence electrons. The SMILES string of the molecule is CNc1nc(Nc2cn(C)nc2C)c(Cl)cc1Cl. The van der Waals surface area contributed by atoms with E-state index in [2.05, 4.69) is 20.7 Å². The lowest BCUT2D eigenvalue weighted by Crippen LogP contribution is -2.00. The van der Waals surface area contributed by atoms with Gasteiger partial charge in [0.15, 0.2) is 5.82 Å². The van der Waals surface area contributed by atoms with Gasteiger partial charge >= 0.3 is 0 Å². The fourth-order valence-electron chi connectivity index (χ4n) is 1.58. The first-order valence-corrected chi connectivity index (χ1v) is 6.08. The maximum Gasteiger partial charge on any atom is 0.151 e. The standard InChI is InChI=1S/C11H13Cl2N5/c1-6-9(5-18(3)17-6)15-11-8(13)4-7(12)10(14-2)16-11/h4-5H,1-3H3,(H2,14,15,16). The summed E-state index contributed by atoms with van der Waals surface area (Å²) in [5.74, 6) is 1.12. The Balaban J connectivity index is 2.37. The second-order valence-corrected chi connectivity index (χ2v) is 4.64. The van der Waals surface area contributed by atoms with Gasteiger partial charge in [-0.15, -0.1) is 0 Å². The molecule has 0 aliphatic rings. The lowest BCUT2D eigenvalue weighted by Gasteiger charge is -2.09. The van der Waals surface area contributed by atoms with Crippen molar-refractivity contribution < 1.29 is 0 Å². The Morgan fingerprint density at radius 3 is 2.44 bits per heavy atom. The monoisotopic (exact) mass is 285 g/mol. The summed E-state index contributed by atoms with van der Waals surface area (Å²) in [7, 11) is 3.61. The van der Waals surface area contributed by atoms with E-state index in [4.69, 9.17) is 23.2 Å². The van der Waals surface area contributed by atoms with Gasteiger partial charge in [0.1, 0.15) is 5.82 Å². The van der Waals surface area contributed by atoms with Gasteiger partial charge in [-0.3, -0.25) is 4.68 Å². The topological polar surface area (TPSA) is 54.8 Å². The molecule has 18 heavy (non-hydrogen) atoms. The molecule has 0 aliphatic carbocycles. The fourth-order valence-corrected chi connectivity index (χ4v) is 2.08. The van der Waals surface area contributed by atoms with Crippen molar-refractivity contribution in [2.24, 2.45) is 7.05 Å². The van der Waals surface area contributed by atoms with E-state index in [0.717, 1.165) is 11.4 Å². The number of pyridine rings is 1. The number of anilines is 3. The zero-order chi connectivity index (χ0) is 13.3. The lowest BCUT2D eigenvalue weighted by molar-refractivity contribution is 0.756. The molecule has 0 bridgehead atoms. The van der Waals surface area contributed by atoms with E-state index in [-0.39, 0.29) is 0 Å². The van der Waals surface area contributed by atoms with E-state index in [1.54, 1.807) is 17.8 Å². The van der Waals surface area contributed by atoms with Crippen LogP contribution in [0.2, 0.25) is 10.0 Å². The second kappa shape index (κ2) is 5.04. The molecule has 0 atom stereocenters.